The van der Waals surface area contributed by atoms with E-state index in [-0.39, 0.29) is 5.75 Å². The second-order valence-corrected chi connectivity index (χ2v) is 12.4. The lowest BCUT2D eigenvalue weighted by Gasteiger charge is -2.28. The average Bonchev–Trinajstić information content (AvgIpc) is 3.45. The highest BCUT2D eigenvalue weighted by Gasteiger charge is 2.54. The van der Waals surface area contributed by atoms with Gasteiger partial charge in [-0.25, -0.2) is 20.4 Å². The van der Waals surface area contributed by atoms with E-state index in [4.69, 9.17) is 36.0 Å². The number of fused-ring (bicyclic) bond motifs is 1. The summed E-state index contributed by atoms with van der Waals surface area (Å²) < 4.78 is 38.0. The van der Waals surface area contributed by atoms with Crippen LogP contribution in [-0.4, -0.2) is 73.8 Å². The van der Waals surface area contributed by atoms with E-state index in [1.54, 1.807) is 30.7 Å². The van der Waals surface area contributed by atoms with Gasteiger partial charge in [-0.2, -0.15) is 5.09 Å². The lowest BCUT2D eigenvalue weighted by Crippen LogP contribution is -2.44. The first-order valence-electron chi connectivity index (χ1n) is 13.3. The summed E-state index contributed by atoms with van der Waals surface area (Å²) >= 11 is 5.95. The summed E-state index contributed by atoms with van der Waals surface area (Å²) in [5, 5.41) is 27.4. The second-order valence-electron chi connectivity index (χ2n) is 10.3. The smallest absolute Gasteiger partial charge is 0.459 e. The van der Waals surface area contributed by atoms with Crippen molar-refractivity contribution in [3.05, 3.63) is 47.9 Å². The van der Waals surface area contributed by atoms with Crippen molar-refractivity contribution in [1.82, 2.24) is 19.6 Å². The molecule has 1 aliphatic rings. The largest absolute Gasteiger partial charge is 0.462 e. The Balaban J connectivity index is 1.56. The molecule has 42 heavy (non-hydrogen) atoms. The number of aliphatic hydroxyl groups excluding tert-OH is 1. The predicted octanol–water partition coefficient (Wildman–Crippen LogP) is 2.93. The standard InChI is InChI=1S/C26H36ClN6O8P/c1-6-33(28)23-19-11-12-32(22(19)29-14-30-23)25-26(5,36)21(34)20(40-25)13-38-42(37,31-16(4)24(35)39-15(2)3)41-18-9-7-17(27)8-10-18/h7-12,14-16,20-21,25,34,36H,6,13,28H2,1-5H3,(H,31,37)/t16?,20?,21-,25?,26-,42?/m1/s1. The molecule has 1 fully saturated rings. The van der Waals surface area contributed by atoms with Gasteiger partial charge in [0.1, 0.15) is 41.6 Å². The van der Waals surface area contributed by atoms with Gasteiger partial charge >= 0.3 is 13.7 Å². The Morgan fingerprint density at radius 2 is 1.98 bits per heavy atom. The Hall–Kier alpha value is -2.81. The van der Waals surface area contributed by atoms with Gasteiger partial charge in [0.05, 0.1) is 18.1 Å². The summed E-state index contributed by atoms with van der Waals surface area (Å²) in [5.41, 5.74) is -1.40. The molecule has 3 heterocycles. The number of esters is 1. The quantitative estimate of drug-likeness (QED) is 0.0997. The van der Waals surface area contributed by atoms with E-state index in [2.05, 4.69) is 15.1 Å². The van der Waals surface area contributed by atoms with Crippen LogP contribution in [0.2, 0.25) is 5.02 Å². The summed E-state index contributed by atoms with van der Waals surface area (Å²) in [4.78, 5) is 21.0. The summed E-state index contributed by atoms with van der Waals surface area (Å²) in [7, 11) is -4.28. The lowest BCUT2D eigenvalue weighted by atomic mass is 9.96. The molecule has 1 aromatic carbocycles. The van der Waals surface area contributed by atoms with Crippen LogP contribution in [0.5, 0.6) is 5.75 Å². The zero-order valence-corrected chi connectivity index (χ0v) is 25.5. The van der Waals surface area contributed by atoms with E-state index < -0.39 is 56.5 Å². The first-order valence-corrected chi connectivity index (χ1v) is 15.3. The van der Waals surface area contributed by atoms with Gasteiger partial charge in [0.25, 0.3) is 0 Å². The number of rotatable bonds is 12. The molecule has 0 radical (unpaired) electrons. The molecule has 230 valence electrons. The highest BCUT2D eigenvalue weighted by molar-refractivity contribution is 7.52. The summed E-state index contributed by atoms with van der Waals surface area (Å²) in [6.45, 7) is 8.10. The van der Waals surface area contributed by atoms with E-state index in [1.165, 1.54) is 49.4 Å². The third kappa shape index (κ3) is 6.87. The number of anilines is 1. The van der Waals surface area contributed by atoms with Crippen LogP contribution in [0.3, 0.4) is 0 Å². The average molecular weight is 627 g/mol. The summed E-state index contributed by atoms with van der Waals surface area (Å²) in [5.74, 6) is 6.01. The van der Waals surface area contributed by atoms with Crippen LogP contribution in [0.1, 0.15) is 40.8 Å². The van der Waals surface area contributed by atoms with Gasteiger partial charge in [0.15, 0.2) is 12.0 Å². The number of benzene rings is 1. The molecule has 0 saturated carbocycles. The number of nitrogens with zero attached hydrogens (tertiary/aromatic N) is 4. The predicted molar refractivity (Wildman–Crippen MR) is 155 cm³/mol. The van der Waals surface area contributed by atoms with Crippen LogP contribution < -0.4 is 20.5 Å². The molecule has 3 aromatic rings. The van der Waals surface area contributed by atoms with Crippen LogP contribution in [0, 0.1) is 0 Å². The molecule has 16 heteroatoms. The molecule has 6 atom stereocenters. The molecule has 5 N–H and O–H groups in total. The Morgan fingerprint density at radius 1 is 1.29 bits per heavy atom. The zero-order chi connectivity index (χ0) is 30.8. The molecular formula is C26H36ClN6O8P. The number of hydrazine groups is 1. The number of nitrogens with two attached hydrogens (primary N) is 1. The van der Waals surface area contributed by atoms with Crippen LogP contribution in [0.25, 0.3) is 11.0 Å². The van der Waals surface area contributed by atoms with E-state index in [0.29, 0.717) is 28.4 Å². The first kappa shape index (κ1) is 32.1. The molecule has 0 spiro atoms. The number of aromatic nitrogens is 3. The van der Waals surface area contributed by atoms with Crippen LogP contribution in [-0.2, 0) is 23.4 Å². The zero-order valence-electron chi connectivity index (χ0n) is 23.9. The number of halogens is 1. The Kier molecular flexibility index (Phi) is 9.80. The third-order valence-corrected chi connectivity index (χ3v) is 8.51. The number of nitrogens with one attached hydrogen (secondary N) is 1. The van der Waals surface area contributed by atoms with Crippen molar-refractivity contribution in [3.8, 4) is 5.75 Å². The van der Waals surface area contributed by atoms with Crippen molar-refractivity contribution >= 4 is 42.2 Å². The van der Waals surface area contributed by atoms with Gasteiger partial charge in [0.2, 0.25) is 0 Å². The van der Waals surface area contributed by atoms with Gasteiger partial charge in [-0.1, -0.05) is 11.6 Å². The Bertz CT molecular complexity index is 1440. The molecular weight excluding hydrogens is 591 g/mol. The third-order valence-electron chi connectivity index (χ3n) is 6.61. The monoisotopic (exact) mass is 626 g/mol. The maximum absolute atomic E-state index is 13.9. The molecule has 4 unspecified atom stereocenters. The van der Waals surface area contributed by atoms with Crippen molar-refractivity contribution < 1.29 is 38.1 Å². The summed E-state index contributed by atoms with van der Waals surface area (Å²) in [6, 6.07) is 6.67. The maximum atomic E-state index is 13.9. The molecule has 2 aromatic heterocycles. The number of carbonyl (C=O) groups excluding carboxylic acids is 1. The fourth-order valence-electron chi connectivity index (χ4n) is 4.42. The molecule has 0 bridgehead atoms. The molecule has 0 aliphatic carbocycles. The van der Waals surface area contributed by atoms with Crippen LogP contribution in [0.15, 0.2) is 42.9 Å². The van der Waals surface area contributed by atoms with Crippen molar-refractivity contribution in [2.45, 2.75) is 70.8 Å². The van der Waals surface area contributed by atoms with Gasteiger partial charge in [0, 0.05) is 17.8 Å². The second kappa shape index (κ2) is 12.8. The van der Waals surface area contributed by atoms with Crippen molar-refractivity contribution in [2.75, 3.05) is 18.2 Å². The summed E-state index contributed by atoms with van der Waals surface area (Å²) in [6.07, 6.45) is -1.17. The molecule has 1 saturated heterocycles. The van der Waals surface area contributed by atoms with E-state index in [9.17, 15) is 19.6 Å². The fourth-order valence-corrected chi connectivity index (χ4v) is 6.05. The van der Waals surface area contributed by atoms with E-state index >= 15 is 0 Å². The minimum Gasteiger partial charge on any atom is -0.462 e. The minimum absolute atomic E-state index is 0.146. The highest BCUT2D eigenvalue weighted by atomic mass is 35.5. The number of hydrogen-bond acceptors (Lipinski definition) is 12. The molecule has 0 amide bonds. The van der Waals surface area contributed by atoms with Crippen LogP contribution in [0.4, 0.5) is 5.82 Å². The number of ether oxygens (including phenoxy) is 2. The van der Waals surface area contributed by atoms with Gasteiger partial charge < -0.3 is 28.8 Å². The Labute approximate surface area is 248 Å². The molecule has 4 rings (SSSR count). The number of carbonyl (C=O) groups is 1. The lowest BCUT2D eigenvalue weighted by molar-refractivity contribution is -0.149. The van der Waals surface area contributed by atoms with Gasteiger partial charge in [-0.15, -0.1) is 0 Å². The van der Waals surface area contributed by atoms with Crippen LogP contribution >= 0.6 is 19.3 Å². The van der Waals surface area contributed by atoms with Crippen molar-refractivity contribution in [1.29, 1.82) is 0 Å². The molecule has 14 nitrogen and oxygen atoms in total. The maximum Gasteiger partial charge on any atom is 0.459 e. The topological polar surface area (TPSA) is 184 Å². The number of aliphatic hydroxyl groups is 2. The van der Waals surface area contributed by atoms with E-state index in [0.717, 1.165) is 0 Å². The Morgan fingerprint density at radius 3 is 2.62 bits per heavy atom. The fraction of sp³-hybridized carbons (Fsp3) is 0.500. The highest BCUT2D eigenvalue weighted by Crippen LogP contribution is 2.47. The van der Waals surface area contributed by atoms with Crippen molar-refractivity contribution in [2.24, 2.45) is 5.84 Å². The SMILES string of the molecule is CCN(N)c1ncnc2c1ccn2C1OC(COP(=O)(NC(C)C(=O)OC(C)C)Oc2ccc(Cl)cc2)[C@@H](O)[C@@]1(C)O. The first-order chi connectivity index (χ1) is 19.8. The van der Waals surface area contributed by atoms with Gasteiger partial charge in [-0.05, 0) is 65.0 Å². The van der Waals surface area contributed by atoms with Gasteiger partial charge in [-0.3, -0.25) is 14.3 Å². The minimum atomic E-state index is -4.28. The number of hydrogen-bond donors (Lipinski definition) is 4. The van der Waals surface area contributed by atoms with Crippen molar-refractivity contribution in [3.63, 3.8) is 0 Å². The normalized spacial score (nSPS) is 24.5. The molecule has 1 aliphatic heterocycles. The van der Waals surface area contributed by atoms with E-state index in [1.807, 2.05) is 6.92 Å².